The van der Waals surface area contributed by atoms with Gasteiger partial charge in [-0.15, -0.1) is 0 Å². The monoisotopic (exact) mass is 465 g/mol. The summed E-state index contributed by atoms with van der Waals surface area (Å²) in [6.07, 6.45) is 0. The maximum Gasteiger partial charge on any atom is 0.118 e. The zero-order chi connectivity index (χ0) is 20.4. The molecule has 4 nitrogen and oxygen atoms in total. The summed E-state index contributed by atoms with van der Waals surface area (Å²) in [5, 5.41) is 16.4. The Kier molecular flexibility index (Phi) is 5.57. The summed E-state index contributed by atoms with van der Waals surface area (Å²) in [4.78, 5) is 0. The zero-order valence-corrected chi connectivity index (χ0v) is 18.0. The molecule has 144 valence electrons. The van der Waals surface area contributed by atoms with Gasteiger partial charge < -0.3 is 4.74 Å². The van der Waals surface area contributed by atoms with E-state index >= 15 is 0 Å². The summed E-state index contributed by atoms with van der Waals surface area (Å²) in [5.41, 5.74) is 3.66. The lowest BCUT2D eigenvalue weighted by atomic mass is 9.95. The molecule has 3 aromatic carbocycles. The Balaban J connectivity index is 1.82. The molecule has 0 radical (unpaired) electrons. The van der Waals surface area contributed by atoms with Crippen molar-refractivity contribution < 1.29 is 4.74 Å². The molecule has 0 saturated carbocycles. The Hall–Kier alpha value is -2.81. The predicted molar refractivity (Wildman–Crippen MR) is 118 cm³/mol. The van der Waals surface area contributed by atoms with Crippen molar-refractivity contribution in [2.45, 2.75) is 12.5 Å². The largest absolute Gasteiger partial charge is 0.497 e. The second-order valence-corrected chi connectivity index (χ2v) is 7.93. The maximum absolute atomic E-state index is 9.93. The number of nitrogens with zero attached hydrogens (tertiary/aromatic N) is 3. The Morgan fingerprint density at radius 1 is 1.10 bits per heavy atom. The van der Waals surface area contributed by atoms with E-state index in [0.717, 1.165) is 37.9 Å². The normalized spacial score (nSPS) is 11.9. The molecular weight excluding hydrogens is 450 g/mol. The number of para-hydroxylation sites is 1. The van der Waals surface area contributed by atoms with Crippen LogP contribution in [0.1, 0.15) is 22.7 Å². The smallest absolute Gasteiger partial charge is 0.118 e. The molecule has 1 unspecified atom stereocenters. The molecule has 1 heterocycles. The van der Waals surface area contributed by atoms with Crippen LogP contribution < -0.4 is 4.74 Å². The van der Waals surface area contributed by atoms with Gasteiger partial charge in [0.1, 0.15) is 11.7 Å². The van der Waals surface area contributed by atoms with Gasteiger partial charge in [-0.25, -0.2) is 0 Å². The van der Waals surface area contributed by atoms with E-state index in [9.17, 15) is 5.26 Å². The SMILES string of the molecule is COc1ccc(Cn2nc(C(C#N)c3ccc(Cl)cc3)c3cccc(Br)c32)cc1. The second kappa shape index (κ2) is 8.28. The number of fused-ring (bicyclic) bond motifs is 1. The molecule has 0 amide bonds. The third-order valence-electron chi connectivity index (χ3n) is 4.85. The highest BCUT2D eigenvalue weighted by molar-refractivity contribution is 9.10. The highest BCUT2D eigenvalue weighted by Gasteiger charge is 2.22. The molecule has 0 saturated heterocycles. The van der Waals surface area contributed by atoms with E-state index in [1.165, 1.54) is 0 Å². The lowest BCUT2D eigenvalue weighted by Gasteiger charge is -2.08. The third kappa shape index (κ3) is 3.87. The van der Waals surface area contributed by atoms with Gasteiger partial charge in [0.25, 0.3) is 0 Å². The van der Waals surface area contributed by atoms with Crippen LogP contribution in [0.2, 0.25) is 5.02 Å². The van der Waals surface area contributed by atoms with Gasteiger partial charge in [-0.3, -0.25) is 4.68 Å². The lowest BCUT2D eigenvalue weighted by molar-refractivity contribution is 0.414. The van der Waals surface area contributed by atoms with Crippen molar-refractivity contribution in [3.63, 3.8) is 0 Å². The molecule has 29 heavy (non-hydrogen) atoms. The van der Waals surface area contributed by atoms with E-state index in [4.69, 9.17) is 21.4 Å². The van der Waals surface area contributed by atoms with Crippen LogP contribution in [-0.2, 0) is 6.54 Å². The topological polar surface area (TPSA) is 50.8 Å². The first-order chi connectivity index (χ1) is 14.1. The van der Waals surface area contributed by atoms with Gasteiger partial charge in [0.2, 0.25) is 0 Å². The van der Waals surface area contributed by atoms with Crippen molar-refractivity contribution in [2.75, 3.05) is 7.11 Å². The number of halogens is 2. The molecule has 0 N–H and O–H groups in total. The summed E-state index contributed by atoms with van der Waals surface area (Å²) >= 11 is 9.67. The Morgan fingerprint density at radius 2 is 1.83 bits per heavy atom. The Bertz CT molecular complexity index is 1190. The molecule has 6 heteroatoms. The van der Waals surface area contributed by atoms with Crippen LogP contribution in [0, 0.1) is 11.3 Å². The van der Waals surface area contributed by atoms with Crippen molar-refractivity contribution in [3.8, 4) is 11.8 Å². The average Bonchev–Trinajstić information content (AvgIpc) is 3.10. The summed E-state index contributed by atoms with van der Waals surface area (Å²) in [7, 11) is 1.65. The summed E-state index contributed by atoms with van der Waals surface area (Å²) in [6, 6.07) is 23.6. The van der Waals surface area contributed by atoms with Crippen molar-refractivity contribution >= 4 is 38.4 Å². The minimum atomic E-state index is -0.485. The van der Waals surface area contributed by atoms with Gasteiger partial charge in [0, 0.05) is 14.9 Å². The van der Waals surface area contributed by atoms with E-state index in [0.29, 0.717) is 11.6 Å². The third-order valence-corrected chi connectivity index (χ3v) is 5.74. The second-order valence-electron chi connectivity index (χ2n) is 6.64. The van der Waals surface area contributed by atoms with Crippen molar-refractivity contribution in [2.24, 2.45) is 0 Å². The summed E-state index contributed by atoms with van der Waals surface area (Å²) in [6.45, 7) is 0.585. The Labute approximate surface area is 182 Å². The fourth-order valence-electron chi connectivity index (χ4n) is 3.40. The first kappa shape index (κ1) is 19.5. The molecule has 0 bridgehead atoms. The fourth-order valence-corrected chi connectivity index (χ4v) is 4.10. The number of ether oxygens (including phenoxy) is 1. The first-order valence-corrected chi connectivity index (χ1v) is 10.2. The molecule has 4 rings (SSSR count). The molecule has 0 aliphatic rings. The lowest BCUT2D eigenvalue weighted by Crippen LogP contribution is -2.05. The van der Waals surface area contributed by atoms with Crippen LogP contribution in [0.15, 0.2) is 71.2 Å². The van der Waals surface area contributed by atoms with Crippen LogP contribution in [0.5, 0.6) is 5.75 Å². The number of hydrogen-bond donors (Lipinski definition) is 0. The molecule has 0 fully saturated rings. The minimum Gasteiger partial charge on any atom is -0.497 e. The van der Waals surface area contributed by atoms with Gasteiger partial charge in [-0.05, 0) is 57.4 Å². The van der Waals surface area contributed by atoms with Gasteiger partial charge in [0.05, 0.1) is 30.9 Å². The molecule has 1 atom stereocenters. The minimum absolute atomic E-state index is 0.485. The van der Waals surface area contributed by atoms with E-state index in [1.54, 1.807) is 19.2 Å². The van der Waals surface area contributed by atoms with Gasteiger partial charge in [-0.2, -0.15) is 10.4 Å². The number of methoxy groups -OCH3 is 1. The first-order valence-electron chi connectivity index (χ1n) is 9.03. The van der Waals surface area contributed by atoms with E-state index in [2.05, 4.69) is 22.0 Å². The molecular formula is C23H17BrClN3O. The number of aromatic nitrogens is 2. The highest BCUT2D eigenvalue weighted by Crippen LogP contribution is 2.34. The standard InChI is InChI=1S/C23H17BrClN3O/c1-29-18-11-5-15(6-12-18)14-28-23-19(3-2-4-21(23)24)22(27-28)20(13-26)16-7-9-17(25)10-8-16/h2-12,20H,14H2,1H3. The number of benzene rings is 3. The van der Waals surface area contributed by atoms with E-state index < -0.39 is 5.92 Å². The van der Waals surface area contributed by atoms with Crippen LogP contribution in [0.25, 0.3) is 10.9 Å². The fraction of sp³-hybridized carbons (Fsp3) is 0.130. The summed E-state index contributed by atoms with van der Waals surface area (Å²) in [5.74, 6) is 0.328. The molecule has 4 aromatic rings. The van der Waals surface area contributed by atoms with Gasteiger partial charge >= 0.3 is 0 Å². The van der Waals surface area contributed by atoms with Crippen LogP contribution in [0.4, 0.5) is 0 Å². The van der Waals surface area contributed by atoms with Crippen LogP contribution in [0.3, 0.4) is 0 Å². The van der Waals surface area contributed by atoms with Gasteiger partial charge in [-0.1, -0.05) is 48.0 Å². The molecule has 0 spiro atoms. The van der Waals surface area contributed by atoms with Crippen molar-refractivity contribution in [1.29, 1.82) is 5.26 Å². The highest BCUT2D eigenvalue weighted by atomic mass is 79.9. The molecule has 0 aliphatic carbocycles. The Morgan fingerprint density at radius 3 is 2.48 bits per heavy atom. The molecule has 0 aliphatic heterocycles. The van der Waals surface area contributed by atoms with Crippen LogP contribution in [-0.4, -0.2) is 16.9 Å². The molecule has 1 aromatic heterocycles. The number of rotatable bonds is 5. The number of nitriles is 1. The summed E-state index contributed by atoms with van der Waals surface area (Å²) < 4.78 is 8.12. The van der Waals surface area contributed by atoms with Crippen molar-refractivity contribution in [3.05, 3.63) is 93.0 Å². The maximum atomic E-state index is 9.93. The van der Waals surface area contributed by atoms with E-state index in [-0.39, 0.29) is 0 Å². The van der Waals surface area contributed by atoms with Crippen molar-refractivity contribution in [1.82, 2.24) is 9.78 Å². The predicted octanol–water partition coefficient (Wildman–Crippen LogP) is 6.16. The quantitative estimate of drug-likeness (QED) is 0.354. The number of hydrogen-bond acceptors (Lipinski definition) is 3. The van der Waals surface area contributed by atoms with E-state index in [1.807, 2.05) is 59.3 Å². The van der Waals surface area contributed by atoms with Crippen LogP contribution >= 0.6 is 27.5 Å². The average molecular weight is 467 g/mol. The zero-order valence-electron chi connectivity index (χ0n) is 15.6. The van der Waals surface area contributed by atoms with Gasteiger partial charge in [0.15, 0.2) is 0 Å².